The number of benzene rings is 1. The highest BCUT2D eigenvalue weighted by Gasteiger charge is 2.17. The summed E-state index contributed by atoms with van der Waals surface area (Å²) in [5.74, 6) is 0.335. The van der Waals surface area contributed by atoms with Gasteiger partial charge in [0.25, 0.3) is 0 Å². The molecule has 0 aliphatic heterocycles. The van der Waals surface area contributed by atoms with Crippen LogP contribution in [-0.2, 0) is 12.8 Å². The summed E-state index contributed by atoms with van der Waals surface area (Å²) in [6.07, 6.45) is 3.67. The van der Waals surface area contributed by atoms with Crippen LogP contribution < -0.4 is 4.74 Å². The van der Waals surface area contributed by atoms with Crippen molar-refractivity contribution in [2.24, 2.45) is 0 Å². The first kappa shape index (κ1) is 10.3. The third kappa shape index (κ3) is 1.68. The molecule has 1 aromatic carbocycles. The molecule has 1 aliphatic carbocycles. The van der Waals surface area contributed by atoms with Crippen LogP contribution in [0.1, 0.15) is 11.1 Å². The third-order valence-electron chi connectivity index (χ3n) is 3.21. The van der Waals surface area contributed by atoms with Crippen molar-refractivity contribution in [3.63, 3.8) is 0 Å². The quantitative estimate of drug-likeness (QED) is 0.789. The first-order chi connectivity index (χ1) is 8.28. The molecule has 2 aromatic rings. The number of rotatable bonds is 2. The number of fused-ring (bicyclic) bond motifs is 1. The van der Waals surface area contributed by atoms with Gasteiger partial charge >= 0.3 is 0 Å². The van der Waals surface area contributed by atoms with Gasteiger partial charge in [-0.3, -0.25) is 0 Å². The van der Waals surface area contributed by atoms with E-state index in [1.165, 1.54) is 5.56 Å². The monoisotopic (exact) mass is 229 g/mol. The predicted octanol–water partition coefficient (Wildman–Crippen LogP) is 2.99. The van der Waals surface area contributed by atoms with E-state index < -0.39 is 0 Å². The van der Waals surface area contributed by atoms with Gasteiger partial charge in [0.05, 0.1) is 7.11 Å². The minimum Gasteiger partial charge on any atom is -0.481 e. The number of aromatic nitrogens is 1. The van der Waals surface area contributed by atoms with Crippen LogP contribution in [-0.4, -0.2) is 12.1 Å². The molecule has 1 aromatic heterocycles. The fourth-order valence-electron chi connectivity index (χ4n) is 2.13. The number of hydrogen-bond acceptors (Lipinski definition) is 2. The minimum absolute atomic E-state index is 0.170. The molecule has 0 saturated heterocycles. The van der Waals surface area contributed by atoms with Crippen LogP contribution in [0, 0.1) is 5.82 Å². The highest BCUT2D eigenvalue weighted by atomic mass is 19.1. The summed E-state index contributed by atoms with van der Waals surface area (Å²) in [5.41, 5.74) is 3.82. The molecule has 17 heavy (non-hydrogen) atoms. The Hall–Kier alpha value is -1.90. The van der Waals surface area contributed by atoms with Gasteiger partial charge in [0.2, 0.25) is 5.88 Å². The molecular formula is C14H12FNO. The Balaban J connectivity index is 2.11. The van der Waals surface area contributed by atoms with Crippen molar-refractivity contribution in [3.05, 3.63) is 47.4 Å². The van der Waals surface area contributed by atoms with Crippen molar-refractivity contribution in [2.75, 3.05) is 7.11 Å². The maximum atomic E-state index is 13.9. The van der Waals surface area contributed by atoms with Crippen molar-refractivity contribution < 1.29 is 9.13 Å². The average Bonchev–Trinajstić information content (AvgIpc) is 2.34. The molecule has 0 N–H and O–H groups in total. The fraction of sp³-hybridized carbons (Fsp3) is 0.214. The molecule has 0 saturated carbocycles. The van der Waals surface area contributed by atoms with Crippen molar-refractivity contribution in [3.8, 4) is 17.0 Å². The molecule has 86 valence electrons. The van der Waals surface area contributed by atoms with Gasteiger partial charge in [0.1, 0.15) is 5.82 Å². The molecule has 2 nitrogen and oxygen atoms in total. The Labute approximate surface area is 99.1 Å². The van der Waals surface area contributed by atoms with Crippen LogP contribution in [0.4, 0.5) is 4.39 Å². The van der Waals surface area contributed by atoms with Gasteiger partial charge in [-0.15, -0.1) is 0 Å². The zero-order valence-electron chi connectivity index (χ0n) is 9.53. The molecular weight excluding hydrogens is 217 g/mol. The van der Waals surface area contributed by atoms with Crippen LogP contribution >= 0.6 is 0 Å². The summed E-state index contributed by atoms with van der Waals surface area (Å²) in [7, 11) is 1.56. The number of hydrogen-bond donors (Lipinski definition) is 0. The lowest BCUT2D eigenvalue weighted by atomic mass is 9.86. The molecule has 0 unspecified atom stereocenters. The van der Waals surface area contributed by atoms with Crippen molar-refractivity contribution in [1.29, 1.82) is 0 Å². The SMILES string of the molecule is COc1cc(-c2cc3c(cc2F)CC3)ccn1. The van der Waals surface area contributed by atoms with Gasteiger partial charge in [0, 0.05) is 17.8 Å². The second kappa shape index (κ2) is 3.84. The smallest absolute Gasteiger partial charge is 0.213 e. The lowest BCUT2D eigenvalue weighted by molar-refractivity contribution is 0.398. The van der Waals surface area contributed by atoms with Crippen LogP contribution in [0.3, 0.4) is 0 Å². The number of methoxy groups -OCH3 is 1. The van der Waals surface area contributed by atoms with Gasteiger partial charge in [-0.1, -0.05) is 0 Å². The normalized spacial score (nSPS) is 12.8. The lowest BCUT2D eigenvalue weighted by Crippen LogP contribution is -2.09. The van der Waals surface area contributed by atoms with Gasteiger partial charge < -0.3 is 4.74 Å². The number of pyridine rings is 1. The topological polar surface area (TPSA) is 22.1 Å². The van der Waals surface area contributed by atoms with E-state index in [1.54, 1.807) is 31.5 Å². The summed E-state index contributed by atoms with van der Waals surface area (Å²) < 4.78 is 19.0. The van der Waals surface area contributed by atoms with E-state index in [0.717, 1.165) is 24.0 Å². The van der Waals surface area contributed by atoms with Gasteiger partial charge in [0.15, 0.2) is 0 Å². The van der Waals surface area contributed by atoms with Crippen molar-refractivity contribution in [2.45, 2.75) is 12.8 Å². The van der Waals surface area contributed by atoms with E-state index >= 15 is 0 Å². The largest absolute Gasteiger partial charge is 0.481 e. The summed E-state index contributed by atoms with van der Waals surface area (Å²) >= 11 is 0. The molecule has 0 amide bonds. The van der Waals surface area contributed by atoms with Crippen LogP contribution in [0.15, 0.2) is 30.5 Å². The van der Waals surface area contributed by atoms with E-state index in [9.17, 15) is 4.39 Å². The highest BCUT2D eigenvalue weighted by Crippen LogP contribution is 2.32. The van der Waals surface area contributed by atoms with Gasteiger partial charge in [-0.2, -0.15) is 0 Å². The Bertz CT molecular complexity index is 580. The lowest BCUT2D eigenvalue weighted by Gasteiger charge is -2.20. The molecule has 0 bridgehead atoms. The van der Waals surface area contributed by atoms with E-state index in [2.05, 4.69) is 4.98 Å². The number of halogens is 1. The first-order valence-corrected chi connectivity index (χ1v) is 5.59. The maximum absolute atomic E-state index is 13.9. The highest BCUT2D eigenvalue weighted by molar-refractivity contribution is 5.67. The first-order valence-electron chi connectivity index (χ1n) is 5.59. The van der Waals surface area contributed by atoms with Crippen LogP contribution in [0.5, 0.6) is 5.88 Å². The zero-order valence-corrected chi connectivity index (χ0v) is 9.53. The Morgan fingerprint density at radius 3 is 2.65 bits per heavy atom. The van der Waals surface area contributed by atoms with E-state index in [-0.39, 0.29) is 5.82 Å². The van der Waals surface area contributed by atoms with Crippen molar-refractivity contribution in [1.82, 2.24) is 4.98 Å². The minimum atomic E-state index is -0.170. The number of ether oxygens (including phenoxy) is 1. The summed E-state index contributed by atoms with van der Waals surface area (Å²) in [4.78, 5) is 4.02. The van der Waals surface area contributed by atoms with E-state index in [4.69, 9.17) is 4.74 Å². The second-order valence-electron chi connectivity index (χ2n) is 4.19. The summed E-state index contributed by atoms with van der Waals surface area (Å²) in [6.45, 7) is 0. The molecule has 0 radical (unpaired) electrons. The van der Waals surface area contributed by atoms with E-state index in [0.29, 0.717) is 11.4 Å². The Kier molecular flexibility index (Phi) is 2.32. The molecule has 3 heteroatoms. The average molecular weight is 229 g/mol. The Morgan fingerprint density at radius 2 is 1.94 bits per heavy atom. The molecule has 3 rings (SSSR count). The van der Waals surface area contributed by atoms with Gasteiger partial charge in [-0.05, 0) is 47.7 Å². The molecule has 0 fully saturated rings. The Morgan fingerprint density at radius 1 is 1.18 bits per heavy atom. The summed E-state index contributed by atoms with van der Waals surface area (Å²) in [5, 5.41) is 0. The second-order valence-corrected chi connectivity index (χ2v) is 4.19. The third-order valence-corrected chi connectivity index (χ3v) is 3.21. The molecule has 1 heterocycles. The zero-order chi connectivity index (χ0) is 11.8. The maximum Gasteiger partial charge on any atom is 0.213 e. The molecule has 0 spiro atoms. The van der Waals surface area contributed by atoms with Crippen LogP contribution in [0.25, 0.3) is 11.1 Å². The molecule has 1 aliphatic rings. The molecule has 0 atom stereocenters. The van der Waals surface area contributed by atoms with Gasteiger partial charge in [-0.25, -0.2) is 9.37 Å². The van der Waals surface area contributed by atoms with Crippen LogP contribution in [0.2, 0.25) is 0 Å². The standard InChI is InChI=1S/C14H12FNO/c1-17-14-8-11(4-5-16-14)12-6-9-2-3-10(9)7-13(12)15/h4-8H,2-3H2,1H3. The number of nitrogens with zero attached hydrogens (tertiary/aromatic N) is 1. The summed E-state index contributed by atoms with van der Waals surface area (Å²) in [6, 6.07) is 7.12. The predicted molar refractivity (Wildman–Crippen MR) is 63.6 cm³/mol. The van der Waals surface area contributed by atoms with Crippen molar-refractivity contribution >= 4 is 0 Å². The number of aryl methyl sites for hydroxylation is 2. The van der Waals surface area contributed by atoms with E-state index in [1.807, 2.05) is 6.07 Å². The fourth-order valence-corrected chi connectivity index (χ4v) is 2.13.